The molecule has 0 spiro atoms. The average Bonchev–Trinajstić information content (AvgIpc) is 2.06. The van der Waals surface area contributed by atoms with Crippen molar-refractivity contribution in [2.45, 2.75) is 25.4 Å². The lowest BCUT2D eigenvalue weighted by atomic mass is 10.0. The number of alkyl halides is 1. The van der Waals surface area contributed by atoms with Gasteiger partial charge < -0.3 is 0 Å². The third kappa shape index (κ3) is 2.31. The standard InChI is InChI=1S/C9H9FO3/c1-9(10)3-6(5-11)8(13)2-7(12)4-9/h3,5H,2,4H2,1H3. The smallest absolute Gasteiger partial charge is 0.173 e. The molecule has 0 N–H and O–H groups in total. The van der Waals surface area contributed by atoms with Gasteiger partial charge in [-0.25, -0.2) is 4.39 Å². The first-order chi connectivity index (χ1) is 5.94. The number of hydrogen-bond donors (Lipinski definition) is 0. The molecule has 1 unspecified atom stereocenters. The van der Waals surface area contributed by atoms with E-state index in [4.69, 9.17) is 0 Å². The Hall–Kier alpha value is -1.32. The summed E-state index contributed by atoms with van der Waals surface area (Å²) in [6.45, 7) is 1.17. The molecule has 70 valence electrons. The van der Waals surface area contributed by atoms with Crippen molar-refractivity contribution in [3.8, 4) is 0 Å². The van der Waals surface area contributed by atoms with Crippen LogP contribution in [-0.4, -0.2) is 23.5 Å². The van der Waals surface area contributed by atoms with Crippen molar-refractivity contribution >= 4 is 17.9 Å². The van der Waals surface area contributed by atoms with Crippen molar-refractivity contribution in [2.24, 2.45) is 0 Å². The van der Waals surface area contributed by atoms with Crippen LogP contribution in [0, 0.1) is 0 Å². The van der Waals surface area contributed by atoms with Gasteiger partial charge in [0.2, 0.25) is 0 Å². The van der Waals surface area contributed by atoms with Crippen LogP contribution in [0.15, 0.2) is 11.6 Å². The first-order valence-electron chi connectivity index (χ1n) is 3.86. The van der Waals surface area contributed by atoms with Crippen molar-refractivity contribution in [1.82, 2.24) is 0 Å². The minimum absolute atomic E-state index is 0.240. The van der Waals surface area contributed by atoms with Gasteiger partial charge in [-0.1, -0.05) is 0 Å². The van der Waals surface area contributed by atoms with Crippen LogP contribution in [0.2, 0.25) is 0 Å². The molecule has 0 fully saturated rings. The summed E-state index contributed by atoms with van der Waals surface area (Å²) < 4.78 is 13.4. The topological polar surface area (TPSA) is 51.2 Å². The van der Waals surface area contributed by atoms with E-state index < -0.39 is 17.2 Å². The highest BCUT2D eigenvalue weighted by molar-refractivity contribution is 6.18. The quantitative estimate of drug-likeness (QED) is 0.343. The van der Waals surface area contributed by atoms with Gasteiger partial charge in [0, 0.05) is 6.42 Å². The monoisotopic (exact) mass is 184 g/mol. The van der Waals surface area contributed by atoms with Crippen LogP contribution < -0.4 is 0 Å². The van der Waals surface area contributed by atoms with Crippen LogP contribution in [0.5, 0.6) is 0 Å². The first kappa shape index (κ1) is 9.77. The molecule has 0 aromatic rings. The van der Waals surface area contributed by atoms with E-state index in [1.165, 1.54) is 6.92 Å². The van der Waals surface area contributed by atoms with Crippen molar-refractivity contribution in [3.63, 3.8) is 0 Å². The molecule has 0 saturated heterocycles. The highest BCUT2D eigenvalue weighted by atomic mass is 19.1. The highest BCUT2D eigenvalue weighted by Gasteiger charge is 2.31. The Morgan fingerprint density at radius 3 is 2.69 bits per heavy atom. The van der Waals surface area contributed by atoms with E-state index in [2.05, 4.69) is 0 Å². The lowest BCUT2D eigenvalue weighted by Gasteiger charge is -2.11. The predicted molar refractivity (Wildman–Crippen MR) is 42.9 cm³/mol. The number of Topliss-reactive ketones (excluding diaryl/α,β-unsaturated/α-hetero) is 2. The maximum Gasteiger partial charge on any atom is 0.173 e. The fourth-order valence-corrected chi connectivity index (χ4v) is 1.28. The van der Waals surface area contributed by atoms with Gasteiger partial charge in [-0.05, 0) is 13.0 Å². The fourth-order valence-electron chi connectivity index (χ4n) is 1.28. The summed E-state index contributed by atoms with van der Waals surface area (Å²) in [6.07, 6.45) is 0.506. The molecular formula is C9H9FO3. The molecule has 3 nitrogen and oxygen atoms in total. The number of aldehydes is 1. The number of rotatable bonds is 1. The second kappa shape index (κ2) is 3.20. The third-order valence-electron chi connectivity index (χ3n) is 1.81. The minimum atomic E-state index is -1.88. The van der Waals surface area contributed by atoms with Gasteiger partial charge >= 0.3 is 0 Å². The molecule has 1 atom stereocenters. The van der Waals surface area contributed by atoms with Gasteiger partial charge in [-0.15, -0.1) is 0 Å². The summed E-state index contributed by atoms with van der Waals surface area (Å²) in [6, 6.07) is 0. The molecule has 0 saturated carbocycles. The summed E-state index contributed by atoms with van der Waals surface area (Å²) in [5, 5.41) is 0. The van der Waals surface area contributed by atoms with Crippen molar-refractivity contribution < 1.29 is 18.8 Å². The van der Waals surface area contributed by atoms with Crippen molar-refractivity contribution in [3.05, 3.63) is 11.6 Å². The fraction of sp³-hybridized carbons (Fsp3) is 0.444. The first-order valence-corrected chi connectivity index (χ1v) is 3.86. The normalized spacial score (nSPS) is 29.5. The van der Waals surface area contributed by atoms with Crippen LogP contribution in [0.4, 0.5) is 4.39 Å². The summed E-state index contributed by atoms with van der Waals surface area (Å²) in [4.78, 5) is 32.4. The molecule has 0 amide bonds. The zero-order chi connectivity index (χ0) is 10.1. The Kier molecular flexibility index (Phi) is 2.40. The number of ketones is 2. The maximum absolute atomic E-state index is 13.4. The van der Waals surface area contributed by atoms with E-state index >= 15 is 0 Å². The molecule has 0 aromatic carbocycles. The van der Waals surface area contributed by atoms with Gasteiger partial charge in [-0.3, -0.25) is 14.4 Å². The van der Waals surface area contributed by atoms with Gasteiger partial charge in [0.15, 0.2) is 12.1 Å². The summed E-state index contributed by atoms with van der Waals surface area (Å²) in [5.41, 5.74) is -2.12. The summed E-state index contributed by atoms with van der Waals surface area (Å²) >= 11 is 0. The van der Waals surface area contributed by atoms with E-state index in [1.807, 2.05) is 0 Å². The predicted octanol–water partition coefficient (Wildman–Crippen LogP) is 0.772. The number of carbonyl (C=O) groups is 3. The van der Waals surface area contributed by atoms with E-state index in [0.29, 0.717) is 6.29 Å². The molecule has 1 aliphatic carbocycles. The van der Waals surface area contributed by atoms with Crippen LogP contribution in [-0.2, 0) is 14.4 Å². The van der Waals surface area contributed by atoms with Crippen LogP contribution >= 0.6 is 0 Å². The second-order valence-corrected chi connectivity index (χ2v) is 3.31. The van der Waals surface area contributed by atoms with Crippen LogP contribution in [0.1, 0.15) is 19.8 Å². The van der Waals surface area contributed by atoms with Gasteiger partial charge in [0.05, 0.1) is 12.0 Å². The molecule has 1 rings (SSSR count). The minimum Gasteiger partial charge on any atom is -0.299 e. The third-order valence-corrected chi connectivity index (χ3v) is 1.81. The zero-order valence-corrected chi connectivity index (χ0v) is 7.17. The molecule has 0 bridgehead atoms. The second-order valence-electron chi connectivity index (χ2n) is 3.31. The highest BCUT2D eigenvalue weighted by Crippen LogP contribution is 2.24. The molecule has 0 heterocycles. The Balaban J connectivity index is 3.07. The van der Waals surface area contributed by atoms with Crippen molar-refractivity contribution in [1.29, 1.82) is 0 Å². The molecule has 4 heteroatoms. The maximum atomic E-state index is 13.4. The molecule has 0 aliphatic heterocycles. The van der Waals surface area contributed by atoms with E-state index in [0.717, 1.165) is 6.08 Å². The molecule has 13 heavy (non-hydrogen) atoms. The largest absolute Gasteiger partial charge is 0.299 e. The molecule has 1 aliphatic rings. The van der Waals surface area contributed by atoms with Gasteiger partial charge in [0.25, 0.3) is 0 Å². The summed E-state index contributed by atoms with van der Waals surface area (Å²) in [7, 11) is 0. The average molecular weight is 184 g/mol. The molecular weight excluding hydrogens is 175 g/mol. The van der Waals surface area contributed by atoms with Crippen LogP contribution in [0.3, 0.4) is 0 Å². The number of halogens is 1. The molecule has 0 radical (unpaired) electrons. The van der Waals surface area contributed by atoms with E-state index in [9.17, 15) is 18.8 Å². The summed E-state index contributed by atoms with van der Waals surface area (Å²) in [5.74, 6) is -1.07. The zero-order valence-electron chi connectivity index (χ0n) is 7.17. The van der Waals surface area contributed by atoms with Crippen molar-refractivity contribution in [2.75, 3.05) is 0 Å². The Bertz CT molecular complexity index is 302. The van der Waals surface area contributed by atoms with E-state index in [1.54, 1.807) is 0 Å². The number of carbonyl (C=O) groups excluding carboxylic acids is 3. The number of allylic oxidation sites excluding steroid dienone is 2. The molecule has 0 aromatic heterocycles. The van der Waals surface area contributed by atoms with E-state index in [-0.39, 0.29) is 18.4 Å². The van der Waals surface area contributed by atoms with Gasteiger partial charge in [0.1, 0.15) is 11.5 Å². The lowest BCUT2D eigenvalue weighted by Crippen LogP contribution is -2.18. The van der Waals surface area contributed by atoms with Gasteiger partial charge in [-0.2, -0.15) is 0 Å². The lowest BCUT2D eigenvalue weighted by molar-refractivity contribution is -0.125. The SMILES string of the molecule is CC1(F)C=C(C=O)C(=O)CC(=O)C1. The Labute approximate surface area is 74.6 Å². The Morgan fingerprint density at radius 2 is 2.15 bits per heavy atom. The number of hydrogen-bond acceptors (Lipinski definition) is 3. The Morgan fingerprint density at radius 1 is 1.54 bits per heavy atom. The van der Waals surface area contributed by atoms with Crippen LogP contribution in [0.25, 0.3) is 0 Å².